The molecule has 0 radical (unpaired) electrons. The topological polar surface area (TPSA) is 89.5 Å². The van der Waals surface area contributed by atoms with E-state index in [-0.39, 0.29) is 6.07 Å². The van der Waals surface area contributed by atoms with Gasteiger partial charge in [0.15, 0.2) is 0 Å². The molecule has 0 aliphatic rings. The lowest BCUT2D eigenvalue weighted by Gasteiger charge is -2.24. The van der Waals surface area contributed by atoms with Gasteiger partial charge in [-0.1, -0.05) is 11.6 Å². The third kappa shape index (κ3) is 4.50. The molecule has 14 heteroatoms. The van der Waals surface area contributed by atoms with Crippen molar-refractivity contribution in [2.24, 2.45) is 0 Å². The van der Waals surface area contributed by atoms with Crippen LogP contribution in [-0.2, 0) is 12.4 Å². The quantitative estimate of drug-likeness (QED) is 0.330. The molecule has 0 aromatic heterocycles. The second-order valence-corrected chi connectivity index (χ2v) is 6.00. The van der Waals surface area contributed by atoms with Crippen molar-refractivity contribution in [2.45, 2.75) is 12.4 Å². The van der Waals surface area contributed by atoms with Gasteiger partial charge in [-0.05, 0) is 18.2 Å². The van der Waals surface area contributed by atoms with Crippen LogP contribution in [0.2, 0.25) is 5.02 Å². The molecule has 0 amide bonds. The number of halogens is 7. The molecule has 0 aliphatic heterocycles. The zero-order valence-electron chi connectivity index (χ0n) is 14.0. The van der Waals surface area contributed by atoms with Crippen LogP contribution < -0.4 is 4.90 Å². The standard InChI is InChI=1S/C15H8ClF6N3O4/c1-23(11-3-2-7(4-10(11)16)14(17,18)19)13-9(15(20,21)22)5-8(24(26)27)6-12(13)25(28)29/h2-6H,1H3. The SMILES string of the molecule is CN(c1ccc(C(F)(F)F)cc1Cl)c1c([N+](=O)[O-])cc([N+](=O)[O-])cc1C(F)(F)F. The van der Waals surface area contributed by atoms with Gasteiger partial charge in [0.2, 0.25) is 0 Å². The van der Waals surface area contributed by atoms with Crippen molar-refractivity contribution in [2.75, 3.05) is 11.9 Å². The lowest BCUT2D eigenvalue weighted by atomic mass is 10.1. The van der Waals surface area contributed by atoms with E-state index in [4.69, 9.17) is 11.6 Å². The molecule has 0 heterocycles. The summed E-state index contributed by atoms with van der Waals surface area (Å²) in [6.07, 6.45) is -10.0. The summed E-state index contributed by atoms with van der Waals surface area (Å²) in [6, 6.07) is 2.12. The van der Waals surface area contributed by atoms with Crippen LogP contribution in [0.15, 0.2) is 30.3 Å². The Labute approximate surface area is 162 Å². The van der Waals surface area contributed by atoms with Gasteiger partial charge < -0.3 is 4.90 Å². The van der Waals surface area contributed by atoms with Crippen LogP contribution in [0.5, 0.6) is 0 Å². The molecule has 0 aliphatic carbocycles. The minimum Gasteiger partial charge on any atom is -0.337 e. The summed E-state index contributed by atoms with van der Waals surface area (Å²) in [5.41, 5.74) is -6.90. The molecular formula is C15H8ClF6N3O4. The average Bonchev–Trinajstić information content (AvgIpc) is 2.58. The van der Waals surface area contributed by atoms with Crippen LogP contribution in [0.25, 0.3) is 0 Å². The van der Waals surface area contributed by atoms with Crippen LogP contribution in [0, 0.1) is 20.2 Å². The Balaban J connectivity index is 2.79. The lowest BCUT2D eigenvalue weighted by molar-refractivity contribution is -0.394. The van der Waals surface area contributed by atoms with E-state index in [9.17, 15) is 46.6 Å². The molecule has 0 atom stereocenters. The van der Waals surface area contributed by atoms with E-state index in [1.54, 1.807) is 0 Å². The fourth-order valence-electron chi connectivity index (χ4n) is 2.49. The number of benzene rings is 2. The number of hydrogen-bond acceptors (Lipinski definition) is 5. The highest BCUT2D eigenvalue weighted by Gasteiger charge is 2.41. The third-order valence-corrected chi connectivity index (χ3v) is 4.06. The van der Waals surface area contributed by atoms with Gasteiger partial charge in [-0.25, -0.2) is 0 Å². The van der Waals surface area contributed by atoms with Crippen LogP contribution in [0.4, 0.5) is 49.1 Å². The number of hydrogen-bond donors (Lipinski definition) is 0. The largest absolute Gasteiger partial charge is 0.418 e. The van der Waals surface area contributed by atoms with Crippen molar-refractivity contribution >= 4 is 34.4 Å². The Bertz CT molecular complexity index is 993. The molecule has 7 nitrogen and oxygen atoms in total. The van der Waals surface area contributed by atoms with E-state index in [0.717, 1.165) is 13.1 Å². The molecule has 0 spiro atoms. The molecule has 2 aromatic rings. The van der Waals surface area contributed by atoms with E-state index in [1.165, 1.54) is 0 Å². The molecule has 0 N–H and O–H groups in total. The van der Waals surface area contributed by atoms with Crippen molar-refractivity contribution in [1.29, 1.82) is 0 Å². The molecule has 29 heavy (non-hydrogen) atoms. The van der Waals surface area contributed by atoms with E-state index in [2.05, 4.69) is 0 Å². The van der Waals surface area contributed by atoms with Crippen LogP contribution >= 0.6 is 11.6 Å². The molecule has 2 rings (SSSR count). The monoisotopic (exact) mass is 443 g/mol. The predicted octanol–water partition coefficient (Wildman–Crippen LogP) is 5.96. The van der Waals surface area contributed by atoms with Crippen LogP contribution in [-0.4, -0.2) is 16.9 Å². The van der Waals surface area contributed by atoms with Crippen LogP contribution in [0.1, 0.15) is 11.1 Å². The second-order valence-electron chi connectivity index (χ2n) is 5.60. The highest BCUT2D eigenvalue weighted by molar-refractivity contribution is 6.33. The Morgan fingerprint density at radius 1 is 0.931 bits per heavy atom. The molecular weight excluding hydrogens is 436 g/mol. The number of rotatable bonds is 4. The minimum absolute atomic E-state index is 0.0941. The van der Waals surface area contributed by atoms with Crippen LogP contribution in [0.3, 0.4) is 0 Å². The van der Waals surface area contributed by atoms with E-state index in [1.807, 2.05) is 0 Å². The van der Waals surface area contributed by atoms with Gasteiger partial charge in [-0.3, -0.25) is 20.2 Å². The summed E-state index contributed by atoms with van der Waals surface area (Å²) in [6.45, 7) is 0. The Kier molecular flexibility index (Phi) is 5.65. The smallest absolute Gasteiger partial charge is 0.337 e. The van der Waals surface area contributed by atoms with Crippen molar-refractivity contribution in [3.05, 3.63) is 66.7 Å². The van der Waals surface area contributed by atoms with E-state index in [0.29, 0.717) is 23.1 Å². The van der Waals surface area contributed by atoms with Crippen molar-refractivity contribution in [1.82, 2.24) is 0 Å². The minimum atomic E-state index is -5.25. The van der Waals surface area contributed by atoms with Crippen molar-refractivity contribution in [3.8, 4) is 0 Å². The van der Waals surface area contributed by atoms with Gasteiger partial charge in [-0.15, -0.1) is 0 Å². The molecule has 0 fully saturated rings. The Morgan fingerprint density at radius 2 is 1.52 bits per heavy atom. The number of anilines is 2. The summed E-state index contributed by atoms with van der Waals surface area (Å²) >= 11 is 5.76. The molecule has 0 bridgehead atoms. The zero-order chi connectivity index (χ0) is 22.3. The number of nitro groups is 2. The summed E-state index contributed by atoms with van der Waals surface area (Å²) in [7, 11) is 0.901. The van der Waals surface area contributed by atoms with Gasteiger partial charge in [0.05, 0.1) is 37.7 Å². The van der Waals surface area contributed by atoms with E-state index < -0.39 is 61.1 Å². The summed E-state index contributed by atoms with van der Waals surface area (Å²) < 4.78 is 78.7. The maximum atomic E-state index is 13.5. The first kappa shape index (κ1) is 22.2. The zero-order valence-corrected chi connectivity index (χ0v) is 14.8. The number of nitro benzene ring substituents is 2. The first-order chi connectivity index (χ1) is 13.1. The predicted molar refractivity (Wildman–Crippen MR) is 89.3 cm³/mol. The van der Waals surface area contributed by atoms with Gasteiger partial charge in [0, 0.05) is 13.1 Å². The van der Waals surface area contributed by atoms with Gasteiger partial charge in [-0.2, -0.15) is 26.3 Å². The summed E-state index contributed by atoms with van der Waals surface area (Å²) in [5.74, 6) is 0. The molecule has 0 unspecified atom stereocenters. The van der Waals surface area contributed by atoms with Gasteiger partial charge in [0.25, 0.3) is 11.4 Å². The first-order valence-corrected chi connectivity index (χ1v) is 7.67. The Hall–Kier alpha value is -3.09. The number of alkyl halides is 6. The fourth-order valence-corrected chi connectivity index (χ4v) is 2.80. The molecule has 0 saturated carbocycles. The molecule has 0 saturated heterocycles. The van der Waals surface area contributed by atoms with Crippen molar-refractivity contribution < 1.29 is 36.2 Å². The highest BCUT2D eigenvalue weighted by Crippen LogP contribution is 2.47. The van der Waals surface area contributed by atoms with E-state index >= 15 is 0 Å². The number of non-ortho nitro benzene ring substituents is 1. The number of nitrogens with zero attached hydrogens (tertiary/aromatic N) is 3. The Morgan fingerprint density at radius 3 is 1.93 bits per heavy atom. The summed E-state index contributed by atoms with van der Waals surface area (Å²) in [4.78, 5) is 20.2. The molecule has 156 valence electrons. The molecule has 2 aromatic carbocycles. The highest BCUT2D eigenvalue weighted by atomic mass is 35.5. The average molecular weight is 444 g/mol. The van der Waals surface area contributed by atoms with Gasteiger partial charge in [0.1, 0.15) is 5.69 Å². The maximum absolute atomic E-state index is 13.5. The third-order valence-electron chi connectivity index (χ3n) is 3.76. The normalized spacial score (nSPS) is 12.0. The second kappa shape index (κ2) is 7.39. The van der Waals surface area contributed by atoms with Crippen molar-refractivity contribution in [3.63, 3.8) is 0 Å². The fraction of sp³-hybridized carbons (Fsp3) is 0.200. The maximum Gasteiger partial charge on any atom is 0.418 e. The van der Waals surface area contributed by atoms with Gasteiger partial charge >= 0.3 is 12.4 Å². The first-order valence-electron chi connectivity index (χ1n) is 7.29. The lowest BCUT2D eigenvalue weighted by Crippen LogP contribution is -2.19. The summed E-state index contributed by atoms with van der Waals surface area (Å²) in [5, 5.41) is 21.5.